The Kier molecular flexibility index (Phi) is 9.89. The van der Waals surface area contributed by atoms with Crippen LogP contribution in [0.25, 0.3) is 11.3 Å². The maximum atomic E-state index is 4.87. The number of nitrogens with zero attached hydrogens (tertiary/aromatic N) is 2. The molecule has 155 valence electrons. The molecule has 0 bridgehead atoms. The van der Waals surface area contributed by atoms with Crippen LogP contribution in [0.3, 0.4) is 0 Å². The van der Waals surface area contributed by atoms with Crippen molar-refractivity contribution in [3.63, 3.8) is 0 Å². The van der Waals surface area contributed by atoms with E-state index in [1.807, 2.05) is 42.6 Å². The molecule has 0 unspecified atom stereocenters. The molecule has 1 heterocycles. The average Bonchev–Trinajstić information content (AvgIpc) is 2.73. The Morgan fingerprint density at radius 3 is 1.90 bits per heavy atom. The zero-order valence-electron chi connectivity index (χ0n) is 17.1. The molecule has 0 radical (unpaired) electrons. The van der Waals surface area contributed by atoms with Gasteiger partial charge in [-0.15, -0.1) is 0 Å². The zero-order chi connectivity index (χ0) is 21.2. The summed E-state index contributed by atoms with van der Waals surface area (Å²) in [6.45, 7) is 8.86. The Hall–Kier alpha value is -1.65. The molecule has 5 heteroatoms. The second-order valence-electron chi connectivity index (χ2n) is 7.21. The summed E-state index contributed by atoms with van der Waals surface area (Å²) < 4.78 is 0. The quantitative estimate of drug-likeness (QED) is 0.344. The third-order valence-electron chi connectivity index (χ3n) is 4.51. The summed E-state index contributed by atoms with van der Waals surface area (Å²) in [5.74, 6) is 0.869. The third-order valence-corrected chi connectivity index (χ3v) is 4.51. The van der Waals surface area contributed by atoms with Gasteiger partial charge < -0.3 is 0 Å². The Bertz CT molecular complexity index is 899. The molecule has 0 N–H and O–H groups in total. The molecule has 2 aromatic carbocycles. The zero-order valence-corrected chi connectivity index (χ0v) is 19.6. The van der Waals surface area contributed by atoms with E-state index in [1.165, 1.54) is 11.1 Å². The Morgan fingerprint density at radius 2 is 1.34 bits per heavy atom. The van der Waals surface area contributed by atoms with Crippen LogP contribution in [0.4, 0.5) is 5.69 Å². The molecule has 0 aliphatic rings. The van der Waals surface area contributed by atoms with E-state index in [-0.39, 0.29) is 0 Å². The first kappa shape index (κ1) is 23.6. The molecule has 0 saturated heterocycles. The van der Waals surface area contributed by atoms with Crippen molar-refractivity contribution in [2.75, 3.05) is 0 Å². The number of para-hydroxylation sites is 1. The molecule has 0 amide bonds. The molecular weight excluding hydrogens is 446 g/mol. The Morgan fingerprint density at radius 1 is 0.793 bits per heavy atom. The van der Waals surface area contributed by atoms with E-state index in [2.05, 4.69) is 58.0 Å². The number of aromatic nitrogens is 1. The summed E-state index contributed by atoms with van der Waals surface area (Å²) in [7, 11) is 9.47. The van der Waals surface area contributed by atoms with Crippen molar-refractivity contribution in [2.24, 2.45) is 4.99 Å². The van der Waals surface area contributed by atoms with Gasteiger partial charge in [-0.1, -0.05) is 82.3 Å². The molecule has 3 aromatic rings. The van der Waals surface area contributed by atoms with Gasteiger partial charge >= 0.3 is 33.2 Å². The summed E-state index contributed by atoms with van der Waals surface area (Å²) in [4.78, 5) is 9.62. The van der Waals surface area contributed by atoms with Gasteiger partial charge in [0.2, 0.25) is 0 Å². The number of hydrogen-bond donors (Lipinski definition) is 0. The van der Waals surface area contributed by atoms with Gasteiger partial charge in [-0.3, -0.25) is 4.99 Å². The number of rotatable bonds is 5. The molecule has 2 nitrogen and oxygen atoms in total. The van der Waals surface area contributed by atoms with Gasteiger partial charge in [0.25, 0.3) is 0 Å². The van der Waals surface area contributed by atoms with E-state index < -0.39 is 0 Å². The summed E-state index contributed by atoms with van der Waals surface area (Å²) in [5, 5.41) is 0. The van der Waals surface area contributed by atoms with Crippen LogP contribution in [-0.2, 0) is 12.9 Å². The second kappa shape index (κ2) is 12.1. The first-order chi connectivity index (χ1) is 14.0. The minimum absolute atomic E-state index is 0.382. The molecule has 0 aliphatic carbocycles. The van der Waals surface area contributed by atoms with Crippen LogP contribution in [-0.4, -0.2) is 11.2 Å². The first-order valence-electron chi connectivity index (χ1n) is 9.51. The van der Waals surface area contributed by atoms with Gasteiger partial charge in [-0.25, -0.2) is 4.98 Å². The maximum absolute atomic E-state index is 4.87. The van der Waals surface area contributed by atoms with Gasteiger partial charge in [0.05, 0.1) is 23.3 Å². The molecule has 0 aliphatic heterocycles. The van der Waals surface area contributed by atoms with Crippen molar-refractivity contribution >= 4 is 32.2 Å². The van der Waals surface area contributed by atoms with Crippen molar-refractivity contribution in [3.05, 3.63) is 83.6 Å². The monoisotopic (exact) mass is 471 g/mol. The van der Waals surface area contributed by atoms with Crippen molar-refractivity contribution in [1.82, 2.24) is 4.98 Å². The van der Waals surface area contributed by atoms with Crippen LogP contribution >= 0.6 is 20.3 Å². The third kappa shape index (κ3) is 6.97. The number of aliphatic imine (C=N–C) groups is 1. The molecule has 1 aromatic heterocycles. The van der Waals surface area contributed by atoms with E-state index in [0.29, 0.717) is 24.7 Å². The fourth-order valence-electron chi connectivity index (χ4n) is 3.08. The van der Waals surface area contributed by atoms with Crippen molar-refractivity contribution in [3.8, 4) is 11.3 Å². The van der Waals surface area contributed by atoms with Gasteiger partial charge in [0, 0.05) is 5.56 Å². The standard InChI is InChI=1S/C24H26N2.2ClH.Co/c1-17(2)21-13-9-14-22(18(3)4)24(21)25-16-20-12-8-15-23(26-20)19-10-6-5-7-11-19;;;/h5-18H,1-4H3;2*1H;/q;;;+2/p-2. The number of pyridine rings is 1. The van der Waals surface area contributed by atoms with Gasteiger partial charge in [0.15, 0.2) is 0 Å². The van der Waals surface area contributed by atoms with E-state index in [0.717, 1.165) is 22.6 Å². The Labute approximate surface area is 188 Å². The predicted molar refractivity (Wildman–Crippen MR) is 123 cm³/mol. The second-order valence-corrected chi connectivity index (χ2v) is 8.93. The number of halogens is 2. The normalized spacial score (nSPS) is 11.2. The summed E-state index contributed by atoms with van der Waals surface area (Å²) >= 11 is 0.382. The van der Waals surface area contributed by atoms with Crippen molar-refractivity contribution < 1.29 is 12.9 Å². The fraction of sp³-hybridized carbons (Fsp3) is 0.250. The SMILES string of the molecule is CC(C)c1cccc(C(C)C)c1N=Cc1cccc(-c2ccccc2)n1.[Cl][Co][Cl]. The topological polar surface area (TPSA) is 25.2 Å². The summed E-state index contributed by atoms with van der Waals surface area (Å²) in [6, 6.07) is 22.8. The van der Waals surface area contributed by atoms with Crippen LogP contribution in [0.15, 0.2) is 71.7 Å². The predicted octanol–water partition coefficient (Wildman–Crippen LogP) is 8.12. The van der Waals surface area contributed by atoms with Crippen LogP contribution in [0.1, 0.15) is 56.4 Å². The van der Waals surface area contributed by atoms with Gasteiger partial charge in [-0.2, -0.15) is 0 Å². The van der Waals surface area contributed by atoms with E-state index in [4.69, 9.17) is 30.3 Å². The molecule has 0 spiro atoms. The fourth-order valence-corrected chi connectivity index (χ4v) is 3.08. The summed E-state index contributed by atoms with van der Waals surface area (Å²) in [5.41, 5.74) is 6.62. The van der Waals surface area contributed by atoms with Gasteiger partial charge in [-0.05, 0) is 35.1 Å². The molecule has 29 heavy (non-hydrogen) atoms. The average molecular weight is 472 g/mol. The van der Waals surface area contributed by atoms with E-state index in [9.17, 15) is 0 Å². The molecule has 3 rings (SSSR count). The van der Waals surface area contributed by atoms with E-state index >= 15 is 0 Å². The van der Waals surface area contributed by atoms with Crippen LogP contribution in [0, 0.1) is 0 Å². The van der Waals surface area contributed by atoms with Crippen LogP contribution < -0.4 is 0 Å². The summed E-state index contributed by atoms with van der Waals surface area (Å²) in [6.07, 6.45) is 1.89. The van der Waals surface area contributed by atoms with Crippen LogP contribution in [0.5, 0.6) is 0 Å². The van der Waals surface area contributed by atoms with Crippen molar-refractivity contribution in [1.29, 1.82) is 0 Å². The van der Waals surface area contributed by atoms with Gasteiger partial charge in [0.1, 0.15) is 0 Å². The Balaban J connectivity index is 0.000000941. The molecule has 0 atom stereocenters. The molecular formula is C24H26Cl2CoN2. The van der Waals surface area contributed by atoms with E-state index in [1.54, 1.807) is 0 Å². The number of hydrogen-bond acceptors (Lipinski definition) is 2. The molecule has 0 saturated carbocycles. The molecule has 0 fully saturated rings. The minimum atomic E-state index is 0.382. The van der Waals surface area contributed by atoms with Crippen LogP contribution in [0.2, 0.25) is 0 Å². The van der Waals surface area contributed by atoms with Crippen molar-refractivity contribution in [2.45, 2.75) is 39.5 Å². The first-order valence-corrected chi connectivity index (χ1v) is 12.4. The number of benzene rings is 2.